The van der Waals surface area contributed by atoms with Gasteiger partial charge in [0.25, 0.3) is 0 Å². The monoisotopic (exact) mass is 1800 g/mol. The van der Waals surface area contributed by atoms with E-state index in [0.29, 0.717) is 108 Å². The molecule has 0 fully saturated rings. The third-order valence-corrected chi connectivity index (χ3v) is 21.7. The summed E-state index contributed by atoms with van der Waals surface area (Å²) in [6, 6.07) is 45.9. The number of aryl methyl sites for hydroxylation is 10. The van der Waals surface area contributed by atoms with Crippen LogP contribution in [0.25, 0.3) is 68.3 Å². The van der Waals surface area contributed by atoms with Crippen LogP contribution in [-0.2, 0) is 45.2 Å². The quantitative estimate of drug-likeness (QED) is 0.0246. The Hall–Kier alpha value is -14.8. The van der Waals surface area contributed by atoms with Gasteiger partial charge in [0.1, 0.15) is 28.6 Å². The number of imidazole rings is 4. The molecule has 0 aliphatic carbocycles. The zero-order valence-electron chi connectivity index (χ0n) is 74.9. The SMILES string of the molecule is Cc1cn(-c2ccc(-c3cc(C)c(NC(C)Cc4ccc(F)cc4)nn3)nc2CO)cn1.Cc1cn(-c2ccc(-c3cc(C)c(N[C@@H](C)c4ccc(C)c(C(F)(F)F)c4)nn3)nc2CO)cn1.Cc1cn(-c2ccc(-c3cc(C)c(N[C@@H](C)c4ccccc4C(F)(F)F)nn3)nc2CO)cn1.Cc1cn(-c2ccc(-c3cc(C)c(N[C@@H](C)c4ccccc4C)nn3)nc2CO)cn1. The molecule has 4 atom stereocenters. The number of rotatable bonds is 25. The number of hydrogen-bond acceptors (Lipinski definition) is 24. The van der Waals surface area contributed by atoms with Crippen LogP contribution in [0.1, 0.15) is 158 Å². The Morgan fingerprint density at radius 1 is 0.318 bits per heavy atom. The molecule has 0 bridgehead atoms. The molecule has 0 radical (unpaired) electrons. The van der Waals surface area contributed by atoms with Gasteiger partial charge < -0.3 is 60.0 Å². The van der Waals surface area contributed by atoms with Crippen LogP contribution in [0.4, 0.5) is 54.0 Å². The van der Waals surface area contributed by atoms with Crippen LogP contribution in [0.15, 0.2) is 214 Å². The van der Waals surface area contributed by atoms with Crippen molar-refractivity contribution in [3.05, 3.63) is 332 Å². The van der Waals surface area contributed by atoms with Crippen molar-refractivity contribution in [3.8, 4) is 68.3 Å². The Kier molecular flexibility index (Phi) is 30.0. The van der Waals surface area contributed by atoms with Gasteiger partial charge >= 0.3 is 12.4 Å². The molecule has 0 saturated carbocycles. The molecule has 12 aromatic heterocycles. The Morgan fingerprint density at radius 3 is 0.970 bits per heavy atom. The highest BCUT2D eigenvalue weighted by molar-refractivity contribution is 5.65. The molecule has 0 aliphatic rings. The van der Waals surface area contributed by atoms with Crippen LogP contribution >= 0.6 is 0 Å². The summed E-state index contributed by atoms with van der Waals surface area (Å²) in [5.74, 6) is 2.03. The number of nitrogens with zero attached hydrogens (tertiary/aromatic N) is 20. The number of halogens is 7. The summed E-state index contributed by atoms with van der Waals surface area (Å²) in [5, 5.41) is 86.7. The fourth-order valence-electron chi connectivity index (χ4n) is 14.7. The van der Waals surface area contributed by atoms with Gasteiger partial charge in [-0.15, -0.1) is 40.8 Å². The molecule has 0 spiro atoms. The van der Waals surface area contributed by atoms with E-state index in [-0.39, 0.29) is 55.5 Å². The highest BCUT2D eigenvalue weighted by Crippen LogP contribution is 2.39. The molecule has 35 heteroatoms. The lowest BCUT2D eigenvalue weighted by atomic mass is 10.0. The second kappa shape index (κ2) is 41.7. The van der Waals surface area contributed by atoms with Gasteiger partial charge in [-0.25, -0.2) is 44.3 Å². The topological polar surface area (TPSA) is 355 Å². The van der Waals surface area contributed by atoms with Crippen molar-refractivity contribution < 1.29 is 51.2 Å². The minimum atomic E-state index is -4.45. The average molecular weight is 1800 g/mol. The molecule has 16 aromatic rings. The third kappa shape index (κ3) is 23.2. The van der Waals surface area contributed by atoms with Crippen molar-refractivity contribution in [2.75, 3.05) is 21.3 Å². The van der Waals surface area contributed by atoms with Gasteiger partial charge in [-0.2, -0.15) is 26.3 Å². The van der Waals surface area contributed by atoms with Crippen LogP contribution in [0.5, 0.6) is 0 Å². The van der Waals surface area contributed by atoms with E-state index in [1.807, 2.05) is 150 Å². The molecular formula is C97H99F7N24O4. The van der Waals surface area contributed by atoms with Gasteiger partial charge in [0.2, 0.25) is 0 Å². The first-order valence-electron chi connectivity index (χ1n) is 42.2. The van der Waals surface area contributed by atoms with Crippen LogP contribution in [-0.4, -0.2) is 125 Å². The lowest BCUT2D eigenvalue weighted by Crippen LogP contribution is -2.20. The first-order chi connectivity index (χ1) is 63.1. The van der Waals surface area contributed by atoms with Crippen molar-refractivity contribution in [1.29, 1.82) is 0 Å². The standard InChI is InChI=1S/C25H25F3N6O.C24H23F3N6O.C24H25FN6O.C24H26N6O/c1-14-5-6-18(10-19(14)25(26,27)28)17(4)30-24-15(2)9-21(32-33-24)20-7-8-23(22(12-35)31-20)34-11-16(3)29-13-34;1-14-10-20(19-8-9-22(21(12-34)30-19)33-11-15(2)28-13-33)31-32-23(14)29-16(3)17-6-4-5-7-18(17)24(25,26)27;1-15-10-21(20-8-9-23(22(13-32)28-20)31-12-17(3)26-14-31)29-30-24(15)27-16(2)11-18-4-6-19(25)7-5-18;1-15-7-5-6-8-19(15)18(4)26-24-16(2)11-21(28-29-24)20-9-10-23(22(13-31)27-20)30-12-17(3)25-14-30/h5-11,13,17,35H,12H2,1-4H3,(H,30,33);4-11,13,16,34H,12H2,1-3H3,(H,29,32);4-10,12,14,16,32H,11,13H2,1-3H3,(H,27,30);5-12,14,18,31H,13H2,1-4H3,(H,26,29)/t17-;16-;;18-/m00.0/s1. The Balaban J connectivity index is 0.000000150. The summed E-state index contributed by atoms with van der Waals surface area (Å²) < 4.78 is 100. The summed E-state index contributed by atoms with van der Waals surface area (Å²) in [6.45, 7) is 25.4. The number of aromatic nitrogens is 20. The Morgan fingerprint density at radius 2 is 0.644 bits per heavy atom. The minimum absolute atomic E-state index is 0.0938. The molecule has 28 nitrogen and oxygen atoms in total. The predicted octanol–water partition coefficient (Wildman–Crippen LogP) is 18.7. The molecule has 0 aliphatic heterocycles. The van der Waals surface area contributed by atoms with Crippen molar-refractivity contribution >= 4 is 23.3 Å². The van der Waals surface area contributed by atoms with E-state index in [0.717, 1.165) is 80.8 Å². The van der Waals surface area contributed by atoms with Crippen LogP contribution in [0, 0.1) is 75.1 Å². The van der Waals surface area contributed by atoms with Crippen LogP contribution in [0.2, 0.25) is 0 Å². The second-order valence-corrected chi connectivity index (χ2v) is 32.0. The van der Waals surface area contributed by atoms with Crippen molar-refractivity contribution in [1.82, 2.24) is 98.9 Å². The number of anilines is 4. The van der Waals surface area contributed by atoms with Crippen molar-refractivity contribution in [2.45, 2.75) is 166 Å². The zero-order valence-corrected chi connectivity index (χ0v) is 74.9. The van der Waals surface area contributed by atoms with Gasteiger partial charge in [0.05, 0.1) is 172 Å². The minimum Gasteiger partial charge on any atom is -0.390 e. The molecule has 12 heterocycles. The number of aliphatic hydroxyl groups is 4. The molecule has 132 heavy (non-hydrogen) atoms. The van der Waals surface area contributed by atoms with Crippen molar-refractivity contribution in [3.63, 3.8) is 0 Å². The van der Waals surface area contributed by atoms with E-state index in [2.05, 4.69) is 128 Å². The Bertz CT molecular complexity index is 6720. The first kappa shape index (κ1) is 94.8. The summed E-state index contributed by atoms with van der Waals surface area (Å²) in [4.78, 5) is 35.1. The van der Waals surface area contributed by atoms with E-state index < -0.39 is 35.6 Å². The summed E-state index contributed by atoms with van der Waals surface area (Å²) in [7, 11) is 0. The fourth-order valence-corrected chi connectivity index (χ4v) is 14.7. The highest BCUT2D eigenvalue weighted by atomic mass is 19.4. The summed E-state index contributed by atoms with van der Waals surface area (Å²) >= 11 is 0. The third-order valence-electron chi connectivity index (χ3n) is 21.7. The van der Waals surface area contributed by atoms with E-state index in [1.54, 1.807) is 104 Å². The van der Waals surface area contributed by atoms with E-state index in [9.17, 15) is 51.2 Å². The molecule has 16 rings (SSSR count). The predicted molar refractivity (Wildman–Crippen MR) is 489 cm³/mol. The van der Waals surface area contributed by atoms with Crippen LogP contribution < -0.4 is 21.3 Å². The van der Waals surface area contributed by atoms with E-state index in [4.69, 9.17) is 0 Å². The van der Waals surface area contributed by atoms with Gasteiger partial charge in [0, 0.05) is 30.8 Å². The lowest BCUT2D eigenvalue weighted by Gasteiger charge is -2.20. The van der Waals surface area contributed by atoms with Crippen molar-refractivity contribution in [2.24, 2.45) is 0 Å². The summed E-state index contributed by atoms with van der Waals surface area (Å²) in [6.07, 6.45) is 6.04. The molecule has 0 saturated heterocycles. The number of nitrogens with one attached hydrogen (secondary N) is 4. The fraction of sp³-hybridized carbons (Fsp3) is 0.258. The molecule has 4 aromatic carbocycles. The molecular weight excluding hydrogens is 1700 g/mol. The Labute approximate surface area is 757 Å². The zero-order chi connectivity index (χ0) is 94.4. The largest absolute Gasteiger partial charge is 0.416 e. The number of aliphatic hydroxyl groups excluding tert-OH is 4. The molecule has 680 valence electrons. The van der Waals surface area contributed by atoms with Gasteiger partial charge in [-0.05, 0) is 256 Å². The van der Waals surface area contributed by atoms with E-state index >= 15 is 0 Å². The molecule has 1 unspecified atom stereocenters. The smallest absolute Gasteiger partial charge is 0.390 e. The molecule has 8 N–H and O–H groups in total. The maximum absolute atomic E-state index is 13.4. The number of alkyl halides is 6. The number of benzene rings is 4. The highest BCUT2D eigenvalue weighted by Gasteiger charge is 2.35. The maximum atomic E-state index is 13.4. The van der Waals surface area contributed by atoms with Gasteiger partial charge in [-0.1, -0.05) is 66.7 Å². The lowest BCUT2D eigenvalue weighted by molar-refractivity contribution is -0.139. The molecule has 0 amide bonds. The average Bonchev–Trinajstić information content (AvgIpc) is 1.42. The normalized spacial score (nSPS) is 12.3. The van der Waals surface area contributed by atoms with Gasteiger partial charge in [-0.3, -0.25) is 0 Å². The summed E-state index contributed by atoms with van der Waals surface area (Å²) in [5.41, 5.74) is 19.4. The first-order valence-corrected chi connectivity index (χ1v) is 42.2. The maximum Gasteiger partial charge on any atom is 0.416 e. The number of pyridine rings is 4. The second-order valence-electron chi connectivity index (χ2n) is 32.0. The van der Waals surface area contributed by atoms with Crippen LogP contribution in [0.3, 0.4) is 0 Å². The number of hydrogen-bond donors (Lipinski definition) is 8. The van der Waals surface area contributed by atoms with E-state index in [1.165, 1.54) is 48.4 Å². The van der Waals surface area contributed by atoms with Gasteiger partial charge in [0.15, 0.2) is 23.3 Å².